The number of anilines is 1. The second-order valence-corrected chi connectivity index (χ2v) is 4.35. The number of nitrogens with two attached hydrogens (primary N) is 1. The van der Waals surface area contributed by atoms with Crippen LogP contribution in [-0.2, 0) is 4.79 Å². The average Bonchev–Trinajstić information content (AvgIpc) is 2.21. The van der Waals surface area contributed by atoms with Crippen molar-refractivity contribution in [1.29, 1.82) is 0 Å². The van der Waals surface area contributed by atoms with Crippen LogP contribution < -0.4 is 11.1 Å². The lowest BCUT2D eigenvalue weighted by Crippen LogP contribution is -2.16. The van der Waals surface area contributed by atoms with Crippen LogP contribution in [0.25, 0.3) is 0 Å². The zero-order valence-corrected chi connectivity index (χ0v) is 10.3. The van der Waals surface area contributed by atoms with E-state index in [9.17, 15) is 9.18 Å². The molecular weight excluding hydrogens is 247 g/mol. The highest BCUT2D eigenvalue weighted by molar-refractivity contribution is 7.99. The van der Waals surface area contributed by atoms with E-state index in [1.807, 2.05) is 6.26 Å². The van der Waals surface area contributed by atoms with Gasteiger partial charge in [-0.15, -0.1) is 0 Å². The Morgan fingerprint density at radius 1 is 1.62 bits per heavy atom. The Kier molecular flexibility index (Phi) is 4.70. The van der Waals surface area contributed by atoms with E-state index >= 15 is 0 Å². The van der Waals surface area contributed by atoms with Gasteiger partial charge in [0.25, 0.3) is 0 Å². The van der Waals surface area contributed by atoms with Gasteiger partial charge in [0.15, 0.2) is 0 Å². The molecule has 1 rings (SSSR count). The van der Waals surface area contributed by atoms with Crippen LogP contribution in [0.15, 0.2) is 18.2 Å². The minimum absolute atomic E-state index is 0.0292. The van der Waals surface area contributed by atoms with E-state index in [4.69, 9.17) is 18.0 Å². The summed E-state index contributed by atoms with van der Waals surface area (Å²) in [5.41, 5.74) is 5.97. The molecule has 0 fully saturated rings. The predicted octanol–water partition coefficient (Wildman–Crippen LogP) is 1.76. The second-order valence-electron chi connectivity index (χ2n) is 3.04. The molecule has 0 aromatic heterocycles. The minimum atomic E-state index is -0.490. The van der Waals surface area contributed by atoms with Gasteiger partial charge < -0.3 is 11.1 Å². The molecule has 0 aliphatic carbocycles. The van der Waals surface area contributed by atoms with Gasteiger partial charge in [-0.3, -0.25) is 4.79 Å². The molecule has 0 spiro atoms. The zero-order chi connectivity index (χ0) is 12.1. The molecule has 0 aliphatic rings. The average molecular weight is 258 g/mol. The Hall–Kier alpha value is -1.14. The fourth-order valence-corrected chi connectivity index (χ4v) is 1.61. The maximum absolute atomic E-state index is 13.2. The van der Waals surface area contributed by atoms with Crippen LogP contribution in [0.1, 0.15) is 5.56 Å². The number of rotatable bonds is 4. The van der Waals surface area contributed by atoms with Gasteiger partial charge in [-0.2, -0.15) is 11.8 Å². The maximum atomic E-state index is 13.2. The predicted molar refractivity (Wildman–Crippen MR) is 69.3 cm³/mol. The van der Waals surface area contributed by atoms with E-state index in [2.05, 4.69) is 5.32 Å². The van der Waals surface area contributed by atoms with Gasteiger partial charge in [-0.05, 0) is 24.5 Å². The molecule has 0 atom stereocenters. The largest absolute Gasteiger partial charge is 0.389 e. The topological polar surface area (TPSA) is 55.1 Å². The quantitative estimate of drug-likeness (QED) is 0.808. The molecule has 16 heavy (non-hydrogen) atoms. The van der Waals surface area contributed by atoms with Crippen LogP contribution >= 0.6 is 24.0 Å². The van der Waals surface area contributed by atoms with Gasteiger partial charge in [-0.25, -0.2) is 4.39 Å². The number of benzene rings is 1. The van der Waals surface area contributed by atoms with Gasteiger partial charge in [0.05, 0.1) is 5.75 Å². The highest BCUT2D eigenvalue weighted by atomic mass is 32.2. The fraction of sp³-hybridized carbons (Fsp3) is 0.200. The smallest absolute Gasteiger partial charge is 0.234 e. The summed E-state index contributed by atoms with van der Waals surface area (Å²) in [5.74, 6) is -0.289. The van der Waals surface area contributed by atoms with E-state index < -0.39 is 5.82 Å². The number of carbonyl (C=O) groups excluding carboxylic acids is 1. The van der Waals surface area contributed by atoms with Crippen molar-refractivity contribution in [3.8, 4) is 0 Å². The van der Waals surface area contributed by atoms with Crippen molar-refractivity contribution in [1.82, 2.24) is 0 Å². The first-order valence-corrected chi connectivity index (χ1v) is 6.23. The third-order valence-corrected chi connectivity index (χ3v) is 2.56. The highest BCUT2D eigenvalue weighted by Crippen LogP contribution is 2.15. The SMILES string of the molecule is CSCC(=O)Nc1ccc(F)c(C(N)=S)c1. The van der Waals surface area contributed by atoms with Crippen molar-refractivity contribution in [3.63, 3.8) is 0 Å². The molecule has 86 valence electrons. The van der Waals surface area contributed by atoms with Crippen molar-refractivity contribution in [3.05, 3.63) is 29.6 Å². The van der Waals surface area contributed by atoms with E-state index in [1.54, 1.807) is 0 Å². The monoisotopic (exact) mass is 258 g/mol. The lowest BCUT2D eigenvalue weighted by atomic mass is 10.2. The second kappa shape index (κ2) is 5.81. The molecule has 3 N–H and O–H groups in total. The number of thioether (sulfide) groups is 1. The number of halogens is 1. The molecule has 6 heteroatoms. The Bertz CT molecular complexity index is 423. The lowest BCUT2D eigenvalue weighted by Gasteiger charge is -2.07. The molecule has 0 unspecified atom stereocenters. The Labute approximate surface area is 103 Å². The summed E-state index contributed by atoms with van der Waals surface area (Å²) in [6.45, 7) is 0. The van der Waals surface area contributed by atoms with Crippen molar-refractivity contribution in [2.24, 2.45) is 5.73 Å². The van der Waals surface area contributed by atoms with E-state index in [0.29, 0.717) is 11.4 Å². The summed E-state index contributed by atoms with van der Waals surface area (Å²) >= 11 is 6.10. The molecular formula is C10H11FN2OS2. The first-order chi connectivity index (χ1) is 7.54. The van der Waals surface area contributed by atoms with Crippen LogP contribution in [0.4, 0.5) is 10.1 Å². The van der Waals surface area contributed by atoms with Crippen molar-refractivity contribution in [2.45, 2.75) is 0 Å². The highest BCUT2D eigenvalue weighted by Gasteiger charge is 2.07. The van der Waals surface area contributed by atoms with Crippen molar-refractivity contribution in [2.75, 3.05) is 17.3 Å². The van der Waals surface area contributed by atoms with Crippen LogP contribution in [0.3, 0.4) is 0 Å². The number of nitrogens with one attached hydrogen (secondary N) is 1. The molecule has 0 radical (unpaired) electrons. The summed E-state index contributed by atoms with van der Waals surface area (Å²) in [5, 5.41) is 2.62. The fourth-order valence-electron chi connectivity index (χ4n) is 1.12. The minimum Gasteiger partial charge on any atom is -0.389 e. The number of hydrogen-bond donors (Lipinski definition) is 2. The molecule has 0 saturated carbocycles. The summed E-state index contributed by atoms with van der Waals surface area (Å²) in [4.78, 5) is 11.3. The van der Waals surface area contributed by atoms with Crippen LogP contribution in [0.2, 0.25) is 0 Å². The van der Waals surface area contributed by atoms with Gasteiger partial charge in [-0.1, -0.05) is 12.2 Å². The van der Waals surface area contributed by atoms with Crippen LogP contribution in [0.5, 0.6) is 0 Å². The number of thiocarbonyl (C=S) groups is 1. The lowest BCUT2D eigenvalue weighted by molar-refractivity contribution is -0.113. The standard InChI is InChI=1S/C10H11FN2OS2/c1-16-5-9(14)13-6-2-3-8(11)7(4-6)10(12)15/h2-4H,5H2,1H3,(H2,12,15)(H,13,14). The zero-order valence-electron chi connectivity index (χ0n) is 8.62. The van der Waals surface area contributed by atoms with Gasteiger partial charge in [0, 0.05) is 11.3 Å². The first kappa shape index (κ1) is 12.9. The molecule has 1 aromatic carbocycles. The normalized spacial score (nSPS) is 9.88. The van der Waals surface area contributed by atoms with Crippen LogP contribution in [0, 0.1) is 5.82 Å². The molecule has 1 aromatic rings. The molecule has 0 heterocycles. The van der Waals surface area contributed by atoms with Gasteiger partial charge in [0.1, 0.15) is 10.8 Å². The Morgan fingerprint density at radius 2 is 2.31 bits per heavy atom. The number of carbonyl (C=O) groups is 1. The molecule has 1 amide bonds. The molecule has 0 aliphatic heterocycles. The summed E-state index contributed by atoms with van der Waals surface area (Å²) < 4.78 is 13.2. The van der Waals surface area contributed by atoms with Crippen molar-refractivity contribution < 1.29 is 9.18 Å². The Morgan fingerprint density at radius 3 is 2.88 bits per heavy atom. The van der Waals surface area contributed by atoms with Crippen molar-refractivity contribution >= 4 is 40.6 Å². The summed E-state index contributed by atoms with van der Waals surface area (Å²) in [6, 6.07) is 4.12. The number of amides is 1. The van der Waals surface area contributed by atoms with Gasteiger partial charge in [0.2, 0.25) is 5.91 Å². The molecule has 3 nitrogen and oxygen atoms in total. The third-order valence-electron chi connectivity index (χ3n) is 1.79. The Balaban J connectivity index is 2.87. The van der Waals surface area contributed by atoms with E-state index in [0.717, 1.165) is 0 Å². The molecule has 0 saturated heterocycles. The first-order valence-electron chi connectivity index (χ1n) is 4.42. The third kappa shape index (κ3) is 3.46. The van der Waals surface area contributed by atoms with E-state index in [1.165, 1.54) is 30.0 Å². The van der Waals surface area contributed by atoms with Crippen LogP contribution in [-0.4, -0.2) is 22.9 Å². The number of hydrogen-bond acceptors (Lipinski definition) is 3. The van der Waals surface area contributed by atoms with E-state index in [-0.39, 0.29) is 16.5 Å². The van der Waals surface area contributed by atoms with Gasteiger partial charge >= 0.3 is 0 Å². The maximum Gasteiger partial charge on any atom is 0.234 e. The summed E-state index contributed by atoms with van der Waals surface area (Å²) in [6.07, 6.45) is 1.82. The summed E-state index contributed by atoms with van der Waals surface area (Å²) in [7, 11) is 0. The molecule has 0 bridgehead atoms.